The Kier molecular flexibility index (Phi) is 6.14. The highest BCUT2D eigenvalue weighted by Gasteiger charge is 2.31. The van der Waals surface area contributed by atoms with Crippen LogP contribution < -0.4 is 5.32 Å². The number of hydrogen-bond acceptors (Lipinski definition) is 7. The number of thiazole rings is 1. The third-order valence-electron chi connectivity index (χ3n) is 4.54. The van der Waals surface area contributed by atoms with Crippen molar-refractivity contribution in [3.63, 3.8) is 0 Å². The predicted molar refractivity (Wildman–Crippen MR) is 107 cm³/mol. The standard InChI is InChI=1S/C17H21ClN2O4S3/c1-2-26(21,22)17-20-16(15(25-17)19-13-6-4-3-5-7-13)27(23,24)14-10-8-12(18)9-11-14/h8-11,13,19H,2-7H2,1H3. The van der Waals surface area contributed by atoms with Crippen molar-refractivity contribution >= 4 is 47.6 Å². The first-order valence-electron chi connectivity index (χ1n) is 8.75. The largest absolute Gasteiger partial charge is 0.372 e. The molecule has 0 unspecified atom stereocenters. The Bertz CT molecular complexity index is 1010. The number of nitrogens with zero attached hydrogens (tertiary/aromatic N) is 1. The van der Waals surface area contributed by atoms with Gasteiger partial charge in [0.15, 0.2) is 5.03 Å². The highest BCUT2D eigenvalue weighted by molar-refractivity contribution is 7.94. The van der Waals surface area contributed by atoms with Gasteiger partial charge in [-0.25, -0.2) is 21.8 Å². The first-order chi connectivity index (χ1) is 12.7. The van der Waals surface area contributed by atoms with E-state index in [1.54, 1.807) is 0 Å². The Hall–Kier alpha value is -1.16. The van der Waals surface area contributed by atoms with E-state index in [2.05, 4.69) is 10.3 Å². The molecule has 0 aliphatic heterocycles. The van der Waals surface area contributed by atoms with Crippen molar-refractivity contribution in [3.05, 3.63) is 29.3 Å². The van der Waals surface area contributed by atoms with Crippen LogP contribution in [-0.2, 0) is 19.7 Å². The molecule has 0 saturated heterocycles. The van der Waals surface area contributed by atoms with Crippen LogP contribution in [0.3, 0.4) is 0 Å². The van der Waals surface area contributed by atoms with Gasteiger partial charge in [-0.2, -0.15) is 0 Å². The topological polar surface area (TPSA) is 93.2 Å². The van der Waals surface area contributed by atoms with E-state index in [0.717, 1.165) is 43.4 Å². The van der Waals surface area contributed by atoms with Gasteiger partial charge in [-0.05, 0) is 37.1 Å². The summed E-state index contributed by atoms with van der Waals surface area (Å²) in [5.74, 6) is -0.135. The molecule has 2 aromatic rings. The van der Waals surface area contributed by atoms with Crippen LogP contribution in [0.1, 0.15) is 39.0 Å². The summed E-state index contributed by atoms with van der Waals surface area (Å²) in [5, 5.41) is 3.72. The quantitative estimate of drug-likeness (QED) is 0.712. The number of benzene rings is 1. The van der Waals surface area contributed by atoms with Gasteiger partial charge in [-0.3, -0.25) is 0 Å². The molecule has 1 fully saturated rings. The zero-order valence-electron chi connectivity index (χ0n) is 14.8. The maximum Gasteiger partial charge on any atom is 0.226 e. The molecule has 3 rings (SSSR count). The Labute approximate surface area is 168 Å². The average molecular weight is 449 g/mol. The van der Waals surface area contributed by atoms with E-state index in [1.807, 2.05) is 0 Å². The Morgan fingerprint density at radius 3 is 2.33 bits per heavy atom. The van der Waals surface area contributed by atoms with E-state index in [9.17, 15) is 16.8 Å². The molecular formula is C17H21ClN2O4S3. The number of halogens is 1. The second-order valence-electron chi connectivity index (χ2n) is 6.45. The van der Waals surface area contributed by atoms with Crippen molar-refractivity contribution in [2.75, 3.05) is 11.1 Å². The summed E-state index contributed by atoms with van der Waals surface area (Å²) in [6.07, 6.45) is 5.14. The van der Waals surface area contributed by atoms with Gasteiger partial charge in [0.1, 0.15) is 5.00 Å². The molecule has 1 aromatic heterocycles. The minimum absolute atomic E-state index is 0.0318. The number of hydrogen-bond donors (Lipinski definition) is 1. The zero-order chi connectivity index (χ0) is 19.7. The Morgan fingerprint density at radius 1 is 1.11 bits per heavy atom. The monoisotopic (exact) mass is 448 g/mol. The van der Waals surface area contributed by atoms with Crippen molar-refractivity contribution in [2.45, 2.75) is 59.3 Å². The normalized spacial score (nSPS) is 16.4. The second-order valence-corrected chi connectivity index (χ2v) is 12.2. The second kappa shape index (κ2) is 8.06. The fourth-order valence-corrected chi connectivity index (χ4v) is 7.16. The summed E-state index contributed by atoms with van der Waals surface area (Å²) in [6, 6.07) is 5.89. The zero-order valence-corrected chi connectivity index (χ0v) is 18.0. The third-order valence-corrected chi connectivity index (χ3v) is 9.80. The molecule has 0 bridgehead atoms. The lowest BCUT2D eigenvalue weighted by atomic mass is 9.96. The minimum Gasteiger partial charge on any atom is -0.372 e. The van der Waals surface area contributed by atoms with Crippen LogP contribution in [0.5, 0.6) is 0 Å². The van der Waals surface area contributed by atoms with Crippen molar-refractivity contribution in [3.8, 4) is 0 Å². The van der Waals surface area contributed by atoms with Gasteiger partial charge in [-0.1, -0.05) is 49.1 Å². The molecule has 0 radical (unpaired) electrons. The Balaban J connectivity index is 2.07. The van der Waals surface area contributed by atoms with Crippen LogP contribution in [0.4, 0.5) is 5.00 Å². The Morgan fingerprint density at radius 2 is 1.74 bits per heavy atom. The summed E-state index contributed by atoms with van der Waals surface area (Å²) in [7, 11) is -7.58. The lowest BCUT2D eigenvalue weighted by Crippen LogP contribution is -2.22. The van der Waals surface area contributed by atoms with Gasteiger partial charge in [0.2, 0.25) is 24.0 Å². The molecule has 0 atom stereocenters. The van der Waals surface area contributed by atoms with Crippen LogP contribution in [0.2, 0.25) is 5.02 Å². The molecule has 6 nitrogen and oxygen atoms in total. The third kappa shape index (κ3) is 4.47. The fourth-order valence-electron chi connectivity index (χ4n) is 2.97. The van der Waals surface area contributed by atoms with E-state index in [1.165, 1.54) is 31.2 Å². The van der Waals surface area contributed by atoms with Crippen molar-refractivity contribution in [2.24, 2.45) is 0 Å². The maximum absolute atomic E-state index is 13.1. The number of nitrogens with one attached hydrogen (secondary N) is 1. The summed E-state index contributed by atoms with van der Waals surface area (Å²) in [6.45, 7) is 1.51. The van der Waals surface area contributed by atoms with E-state index in [-0.39, 0.29) is 26.1 Å². The highest BCUT2D eigenvalue weighted by atomic mass is 35.5. The van der Waals surface area contributed by atoms with E-state index in [4.69, 9.17) is 11.6 Å². The summed E-state index contributed by atoms with van der Waals surface area (Å²) < 4.78 is 50.6. The van der Waals surface area contributed by atoms with E-state index in [0.29, 0.717) is 10.0 Å². The fraction of sp³-hybridized carbons (Fsp3) is 0.471. The van der Waals surface area contributed by atoms with E-state index < -0.39 is 19.7 Å². The molecule has 1 aromatic carbocycles. The molecule has 1 heterocycles. The van der Waals surface area contributed by atoms with Crippen LogP contribution >= 0.6 is 22.9 Å². The van der Waals surface area contributed by atoms with Crippen molar-refractivity contribution in [1.82, 2.24) is 4.98 Å². The molecule has 1 N–H and O–H groups in total. The molecule has 1 saturated carbocycles. The molecule has 27 heavy (non-hydrogen) atoms. The van der Waals surface area contributed by atoms with Gasteiger partial charge in [0.25, 0.3) is 0 Å². The number of aromatic nitrogens is 1. The average Bonchev–Trinajstić information content (AvgIpc) is 3.08. The number of sulfone groups is 2. The molecule has 1 aliphatic rings. The molecule has 1 aliphatic carbocycles. The van der Waals surface area contributed by atoms with Crippen LogP contribution in [-0.4, -0.2) is 33.6 Å². The minimum atomic E-state index is -3.97. The summed E-state index contributed by atoms with van der Waals surface area (Å²) >= 11 is 6.74. The molecular weight excluding hydrogens is 428 g/mol. The van der Waals surface area contributed by atoms with Gasteiger partial charge in [0.05, 0.1) is 10.6 Å². The summed E-state index contributed by atoms with van der Waals surface area (Å²) in [4.78, 5) is 4.07. The molecule has 0 amide bonds. The highest BCUT2D eigenvalue weighted by Crippen LogP contribution is 2.36. The molecule has 148 valence electrons. The SMILES string of the molecule is CCS(=O)(=O)c1nc(S(=O)(=O)c2ccc(Cl)cc2)c(NC2CCCCC2)s1. The van der Waals surface area contributed by atoms with Gasteiger partial charge in [-0.15, -0.1) is 0 Å². The van der Waals surface area contributed by atoms with Crippen molar-refractivity contribution in [1.29, 1.82) is 0 Å². The smallest absolute Gasteiger partial charge is 0.226 e. The first kappa shape index (κ1) is 20.6. The lowest BCUT2D eigenvalue weighted by molar-refractivity contribution is 0.462. The first-order valence-corrected chi connectivity index (χ1v) is 13.1. The predicted octanol–water partition coefficient (Wildman–Crippen LogP) is 4.17. The summed E-state index contributed by atoms with van der Waals surface area (Å²) in [5.41, 5.74) is 0. The lowest BCUT2D eigenvalue weighted by Gasteiger charge is -2.23. The number of rotatable bonds is 6. The van der Waals surface area contributed by atoms with Gasteiger partial charge < -0.3 is 5.32 Å². The number of anilines is 1. The van der Waals surface area contributed by atoms with Gasteiger partial charge >= 0.3 is 0 Å². The van der Waals surface area contributed by atoms with Crippen LogP contribution in [0.25, 0.3) is 0 Å². The van der Waals surface area contributed by atoms with Crippen LogP contribution in [0, 0.1) is 0 Å². The van der Waals surface area contributed by atoms with Crippen LogP contribution in [0.15, 0.2) is 38.5 Å². The maximum atomic E-state index is 13.1. The van der Waals surface area contributed by atoms with E-state index >= 15 is 0 Å². The van der Waals surface area contributed by atoms with Crippen molar-refractivity contribution < 1.29 is 16.8 Å². The molecule has 10 heteroatoms. The van der Waals surface area contributed by atoms with Gasteiger partial charge in [0, 0.05) is 11.1 Å². The molecule has 0 spiro atoms.